The van der Waals surface area contributed by atoms with Gasteiger partial charge in [-0.25, -0.2) is 23.5 Å². The topological polar surface area (TPSA) is 143 Å². The molecule has 3 fully saturated rings. The van der Waals surface area contributed by atoms with Gasteiger partial charge < -0.3 is 38.8 Å². The summed E-state index contributed by atoms with van der Waals surface area (Å²) in [6.45, 7) is 4.99. The van der Waals surface area contributed by atoms with Crippen LogP contribution in [0.3, 0.4) is 0 Å². The van der Waals surface area contributed by atoms with Crippen molar-refractivity contribution in [1.82, 2.24) is 19.9 Å². The molecule has 0 radical (unpaired) electrons. The second-order valence-corrected chi connectivity index (χ2v) is 19.1. The molecule has 3 saturated heterocycles. The molecule has 4 aliphatic heterocycles. The number of methoxy groups -OCH3 is 2. The number of carbonyl (C=O) groups excluding carboxylic acids is 1. The van der Waals surface area contributed by atoms with Crippen LogP contribution in [0, 0.1) is 24.5 Å². The smallest absolute Gasteiger partial charge is 0.427 e. The average Bonchev–Trinajstić information content (AvgIpc) is 3.90. The predicted molar refractivity (Wildman–Crippen MR) is 243 cm³/mol. The number of benzene rings is 3. The Labute approximate surface area is 402 Å². The first-order chi connectivity index (χ1) is 33.4. The quantitative estimate of drug-likeness (QED) is 0.133. The van der Waals surface area contributed by atoms with Gasteiger partial charge in [-0.2, -0.15) is 31.3 Å². The Morgan fingerprint density at radius 3 is 2.00 bits per heavy atom. The molecule has 0 aliphatic carbocycles. The SMILES string of the molecule is COc1ccc(CN(Cc2ccc(OC)cc2)c2cc(-c3nc4c5c(nc(N6CC[C@@H](C(=O)O)C6)nc5c3F)N3CC5CCC([C@H]3[C@H](C(F)(F)F)O4)N5C(=O)OC(C)(C)C)c(C(F)(F)F)c(C)c2F)cc1. The molecule has 2 bridgehead atoms. The van der Waals surface area contributed by atoms with Crippen molar-refractivity contribution in [2.24, 2.45) is 5.92 Å². The first-order valence-electron chi connectivity index (χ1n) is 22.8. The van der Waals surface area contributed by atoms with E-state index in [2.05, 4.69) is 15.0 Å². The molecule has 4 aliphatic rings. The lowest BCUT2D eigenvalue weighted by Crippen LogP contribution is -2.68. The minimum absolute atomic E-state index is 0.0219. The lowest BCUT2D eigenvalue weighted by atomic mass is 9.95. The molecule has 2 aromatic heterocycles. The molecule has 5 atom stereocenters. The molecule has 1 N–H and O–H groups in total. The van der Waals surface area contributed by atoms with Crippen molar-refractivity contribution in [3.8, 4) is 28.6 Å². The summed E-state index contributed by atoms with van der Waals surface area (Å²) in [7, 11) is 2.92. The fourth-order valence-corrected chi connectivity index (χ4v) is 10.2. The van der Waals surface area contributed by atoms with Crippen LogP contribution < -0.4 is 28.9 Å². The van der Waals surface area contributed by atoms with Gasteiger partial charge in [0.2, 0.25) is 17.9 Å². The third-order valence-corrected chi connectivity index (χ3v) is 13.4. The standard InChI is InChI=1S/C49H49F8N7O7/c1-24-35(48(52,53)54)31(19-33(36(24)50)62(20-25-7-12-29(68-5)13-8-25)21-26-9-14-30(69-6)15-10-26)38-37(51)39-34-42(60-45(59-39)61-18-17-27(22-61)44(65)66)63-23-28-11-16-32(64(28)46(67)71-47(2,3)4)40(63)41(49(55,56)57)70-43(34)58-38/h7-10,12-15,19,27-28,32,40-41H,11,16-18,20-23H2,1-6H3,(H,65,66)/t27-,28?,32?,40+,41-/m1/s1. The van der Waals surface area contributed by atoms with Crippen molar-refractivity contribution >= 4 is 40.4 Å². The number of ether oxygens (including phenoxy) is 4. The van der Waals surface area contributed by atoms with Gasteiger partial charge in [-0.3, -0.25) is 9.69 Å². The van der Waals surface area contributed by atoms with Gasteiger partial charge in [-0.15, -0.1) is 0 Å². The number of halogens is 8. The molecule has 2 unspecified atom stereocenters. The van der Waals surface area contributed by atoms with Crippen LogP contribution in [0.4, 0.5) is 57.4 Å². The minimum atomic E-state index is -5.39. The molecule has 378 valence electrons. The number of pyridine rings is 1. The van der Waals surface area contributed by atoms with E-state index in [9.17, 15) is 14.7 Å². The van der Waals surface area contributed by atoms with Crippen LogP contribution >= 0.6 is 0 Å². The molecule has 3 aromatic carbocycles. The highest BCUT2D eigenvalue weighted by Crippen LogP contribution is 2.51. The van der Waals surface area contributed by atoms with Crippen LogP contribution in [0.5, 0.6) is 17.4 Å². The lowest BCUT2D eigenvalue weighted by Gasteiger charge is -2.48. The van der Waals surface area contributed by atoms with Gasteiger partial charge in [0.05, 0.1) is 49.5 Å². The Hall–Kier alpha value is -6.87. The molecule has 1 amide bonds. The zero-order valence-electron chi connectivity index (χ0n) is 39.3. The highest BCUT2D eigenvalue weighted by Gasteiger charge is 2.61. The zero-order chi connectivity index (χ0) is 51.1. The highest BCUT2D eigenvalue weighted by atomic mass is 19.4. The normalized spacial score (nSPS) is 20.9. The molecule has 71 heavy (non-hydrogen) atoms. The molecule has 22 heteroatoms. The molecular formula is C49H49F8N7O7. The van der Waals surface area contributed by atoms with E-state index in [1.165, 1.54) is 33.8 Å². The van der Waals surface area contributed by atoms with Gasteiger partial charge in [-0.05, 0) is 94.0 Å². The van der Waals surface area contributed by atoms with Gasteiger partial charge >= 0.3 is 24.4 Å². The summed E-state index contributed by atoms with van der Waals surface area (Å²) in [4.78, 5) is 44.4. The van der Waals surface area contributed by atoms with Gasteiger partial charge in [0, 0.05) is 38.3 Å². The largest absolute Gasteiger partial charge is 0.497 e. The Balaban J connectivity index is 1.28. The average molecular weight is 1000 g/mol. The monoisotopic (exact) mass is 999 g/mol. The lowest BCUT2D eigenvalue weighted by molar-refractivity contribution is -0.206. The van der Waals surface area contributed by atoms with Crippen molar-refractivity contribution < 1.29 is 68.8 Å². The maximum Gasteiger partial charge on any atom is 0.427 e. The van der Waals surface area contributed by atoms with Crippen molar-refractivity contribution in [1.29, 1.82) is 0 Å². The first-order valence-corrected chi connectivity index (χ1v) is 22.8. The van der Waals surface area contributed by atoms with Gasteiger partial charge in [-0.1, -0.05) is 24.3 Å². The van der Waals surface area contributed by atoms with Gasteiger partial charge in [0.15, 0.2) is 5.82 Å². The maximum absolute atomic E-state index is 18.0. The van der Waals surface area contributed by atoms with Crippen LogP contribution in [0.25, 0.3) is 22.2 Å². The van der Waals surface area contributed by atoms with Crippen LogP contribution in [0.2, 0.25) is 0 Å². The number of amides is 1. The van der Waals surface area contributed by atoms with Crippen molar-refractivity contribution in [3.63, 3.8) is 0 Å². The zero-order valence-corrected chi connectivity index (χ0v) is 39.3. The number of carbonyl (C=O) groups is 2. The summed E-state index contributed by atoms with van der Waals surface area (Å²) in [6, 6.07) is 10.2. The maximum atomic E-state index is 18.0. The highest BCUT2D eigenvalue weighted by molar-refractivity contribution is 5.98. The van der Waals surface area contributed by atoms with E-state index >= 15 is 35.1 Å². The van der Waals surface area contributed by atoms with Crippen LogP contribution in [0.15, 0.2) is 54.6 Å². The number of alkyl halides is 6. The molecule has 0 spiro atoms. The van der Waals surface area contributed by atoms with Crippen LogP contribution in [0.1, 0.15) is 62.3 Å². The first kappa shape index (κ1) is 49.1. The summed E-state index contributed by atoms with van der Waals surface area (Å²) in [5.41, 5.74) is -5.92. The predicted octanol–water partition coefficient (Wildman–Crippen LogP) is 9.71. The molecule has 0 saturated carbocycles. The Kier molecular flexibility index (Phi) is 12.5. The Bertz CT molecular complexity index is 2830. The van der Waals surface area contributed by atoms with E-state index in [4.69, 9.17) is 18.9 Å². The second kappa shape index (κ2) is 18.1. The van der Waals surface area contributed by atoms with Crippen LogP contribution in [-0.2, 0) is 28.8 Å². The van der Waals surface area contributed by atoms with Crippen molar-refractivity contribution in [2.45, 2.75) is 102 Å². The van der Waals surface area contributed by atoms with Gasteiger partial charge in [0.1, 0.15) is 45.3 Å². The fourth-order valence-electron chi connectivity index (χ4n) is 10.2. The second-order valence-electron chi connectivity index (χ2n) is 19.1. The van der Waals surface area contributed by atoms with E-state index in [0.717, 1.165) is 13.0 Å². The number of aromatic nitrogens is 3. The number of hydrogen-bond acceptors (Lipinski definition) is 12. The molecule has 5 aromatic rings. The number of nitrogens with zero attached hydrogens (tertiary/aromatic N) is 7. The fraction of sp³-hybridized carbons (Fsp3) is 0.449. The molecular weight excluding hydrogens is 951 g/mol. The van der Waals surface area contributed by atoms with E-state index in [1.54, 1.807) is 69.3 Å². The number of aliphatic carboxylic acids is 1. The summed E-state index contributed by atoms with van der Waals surface area (Å²) >= 11 is 0. The summed E-state index contributed by atoms with van der Waals surface area (Å²) < 4.78 is 151. The Morgan fingerprint density at radius 2 is 1.46 bits per heavy atom. The summed E-state index contributed by atoms with van der Waals surface area (Å²) in [5, 5.41) is 9.37. The van der Waals surface area contributed by atoms with Crippen LogP contribution in [-0.4, -0.2) is 107 Å². The molecule has 14 nitrogen and oxygen atoms in total. The van der Waals surface area contributed by atoms with E-state index in [1.807, 2.05) is 0 Å². The number of carboxylic acid groups (broad SMARTS) is 1. The Morgan fingerprint density at radius 1 is 0.845 bits per heavy atom. The van der Waals surface area contributed by atoms with E-state index < -0.39 is 117 Å². The van der Waals surface area contributed by atoms with Gasteiger partial charge in [0.25, 0.3) is 0 Å². The number of fused-ring (bicyclic) bond motifs is 5. The van der Waals surface area contributed by atoms with Crippen molar-refractivity contribution in [3.05, 3.63) is 88.5 Å². The molecule has 9 rings (SSSR count). The third-order valence-electron chi connectivity index (χ3n) is 13.4. The summed E-state index contributed by atoms with van der Waals surface area (Å²) in [6.07, 6.45) is -14.0. The van der Waals surface area contributed by atoms with Crippen molar-refractivity contribution in [2.75, 3.05) is 48.6 Å². The minimum Gasteiger partial charge on any atom is -0.497 e. The number of carboxylic acids is 1. The third kappa shape index (κ3) is 9.20. The number of anilines is 3. The number of rotatable bonds is 10. The van der Waals surface area contributed by atoms with E-state index in [0.29, 0.717) is 22.6 Å². The number of piperazine rings is 1. The number of hydrogen-bond donors (Lipinski definition) is 1. The van der Waals surface area contributed by atoms with E-state index in [-0.39, 0.29) is 63.8 Å². The molecule has 6 heterocycles. The summed E-state index contributed by atoms with van der Waals surface area (Å²) in [5.74, 6) is -5.54.